The highest BCUT2D eigenvalue weighted by Gasteiger charge is 2.25. The predicted molar refractivity (Wildman–Crippen MR) is 46.7 cm³/mol. The SMILES string of the molecule is C=C1NC=C1C=C1C(=C)C1=C. The largest absolute Gasteiger partial charge is 0.361 e. The van der Waals surface area contributed by atoms with Crippen LogP contribution in [-0.4, -0.2) is 0 Å². The Morgan fingerprint density at radius 3 is 2.09 bits per heavy atom. The van der Waals surface area contributed by atoms with Crippen LogP contribution in [0.1, 0.15) is 0 Å². The topological polar surface area (TPSA) is 12.0 Å². The van der Waals surface area contributed by atoms with E-state index in [-0.39, 0.29) is 0 Å². The zero-order valence-corrected chi connectivity index (χ0v) is 6.28. The third-order valence-corrected chi connectivity index (χ3v) is 2.00. The summed E-state index contributed by atoms with van der Waals surface area (Å²) >= 11 is 0. The fraction of sp³-hybridized carbons (Fsp3) is 0. The van der Waals surface area contributed by atoms with Crippen molar-refractivity contribution in [3.63, 3.8) is 0 Å². The second kappa shape index (κ2) is 1.76. The van der Waals surface area contributed by atoms with Gasteiger partial charge in [-0.1, -0.05) is 19.7 Å². The molecule has 54 valence electrons. The molecule has 1 aliphatic carbocycles. The van der Waals surface area contributed by atoms with Gasteiger partial charge in [-0.15, -0.1) is 0 Å². The molecule has 0 aromatic heterocycles. The van der Waals surface area contributed by atoms with Crippen molar-refractivity contribution in [3.05, 3.63) is 60.0 Å². The van der Waals surface area contributed by atoms with Crippen LogP contribution < -0.4 is 5.32 Å². The van der Waals surface area contributed by atoms with E-state index in [9.17, 15) is 0 Å². The van der Waals surface area contributed by atoms with Crippen molar-refractivity contribution in [2.45, 2.75) is 0 Å². The number of allylic oxidation sites excluding steroid dienone is 4. The average molecular weight is 143 g/mol. The fourth-order valence-electron chi connectivity index (χ4n) is 1.01. The molecule has 1 heteroatoms. The van der Waals surface area contributed by atoms with Crippen LogP contribution in [-0.2, 0) is 0 Å². The monoisotopic (exact) mass is 143 g/mol. The molecular weight excluding hydrogens is 134 g/mol. The number of nitrogens with one attached hydrogen (secondary N) is 1. The predicted octanol–water partition coefficient (Wildman–Crippen LogP) is 2.04. The summed E-state index contributed by atoms with van der Waals surface area (Å²) in [4.78, 5) is 0. The number of hydrogen-bond acceptors (Lipinski definition) is 1. The molecule has 0 spiro atoms. The lowest BCUT2D eigenvalue weighted by Crippen LogP contribution is -2.16. The van der Waals surface area contributed by atoms with Crippen LogP contribution in [0.25, 0.3) is 0 Å². The summed E-state index contributed by atoms with van der Waals surface area (Å²) in [7, 11) is 0. The van der Waals surface area contributed by atoms with E-state index in [4.69, 9.17) is 0 Å². The first kappa shape index (κ1) is 6.23. The Kier molecular flexibility index (Phi) is 0.994. The van der Waals surface area contributed by atoms with E-state index in [2.05, 4.69) is 31.1 Å². The van der Waals surface area contributed by atoms with Crippen LogP contribution in [0, 0.1) is 0 Å². The lowest BCUT2D eigenvalue weighted by atomic mass is 10.1. The van der Waals surface area contributed by atoms with Crippen LogP contribution in [0.5, 0.6) is 0 Å². The highest BCUT2D eigenvalue weighted by atomic mass is 14.9. The first-order valence-electron chi connectivity index (χ1n) is 3.47. The molecule has 0 saturated heterocycles. The molecule has 0 atom stereocenters. The summed E-state index contributed by atoms with van der Waals surface area (Å²) in [6, 6.07) is 0. The van der Waals surface area contributed by atoms with Gasteiger partial charge in [-0.05, 0) is 22.8 Å². The Morgan fingerprint density at radius 2 is 1.82 bits per heavy atom. The van der Waals surface area contributed by atoms with Crippen LogP contribution in [0.3, 0.4) is 0 Å². The Labute approximate surface area is 66.1 Å². The highest BCUT2D eigenvalue weighted by Crippen LogP contribution is 2.42. The molecule has 0 radical (unpaired) electrons. The van der Waals surface area contributed by atoms with Crippen LogP contribution in [0.15, 0.2) is 60.0 Å². The summed E-state index contributed by atoms with van der Waals surface area (Å²) in [5.74, 6) is 0. The average Bonchev–Trinajstić information content (AvgIpc) is 2.53. The van der Waals surface area contributed by atoms with Crippen molar-refractivity contribution < 1.29 is 0 Å². The molecule has 1 saturated carbocycles. The zero-order chi connectivity index (χ0) is 8.01. The lowest BCUT2D eigenvalue weighted by Gasteiger charge is -2.15. The van der Waals surface area contributed by atoms with Gasteiger partial charge in [0.2, 0.25) is 0 Å². The van der Waals surface area contributed by atoms with Crippen molar-refractivity contribution in [2.24, 2.45) is 0 Å². The van der Waals surface area contributed by atoms with Crippen molar-refractivity contribution in [3.8, 4) is 0 Å². The quantitative estimate of drug-likeness (QED) is 0.592. The van der Waals surface area contributed by atoms with E-state index in [1.54, 1.807) is 0 Å². The smallest absolute Gasteiger partial charge is 0.0395 e. The summed E-state index contributed by atoms with van der Waals surface area (Å²) in [5, 5.41) is 2.96. The molecular formula is C10H9N. The van der Waals surface area contributed by atoms with Crippen molar-refractivity contribution in [2.75, 3.05) is 0 Å². The van der Waals surface area contributed by atoms with E-state index >= 15 is 0 Å². The van der Waals surface area contributed by atoms with Crippen molar-refractivity contribution in [1.29, 1.82) is 0 Å². The molecule has 0 aromatic rings. The molecule has 1 aliphatic heterocycles. The van der Waals surface area contributed by atoms with Gasteiger partial charge in [0.15, 0.2) is 0 Å². The van der Waals surface area contributed by atoms with E-state index in [0.717, 1.165) is 22.4 Å². The minimum atomic E-state index is 0.977. The minimum absolute atomic E-state index is 0.977. The van der Waals surface area contributed by atoms with Gasteiger partial charge in [0, 0.05) is 17.5 Å². The van der Waals surface area contributed by atoms with Crippen molar-refractivity contribution >= 4 is 0 Å². The van der Waals surface area contributed by atoms with Gasteiger partial charge in [0.05, 0.1) is 0 Å². The molecule has 1 heterocycles. The first-order valence-corrected chi connectivity index (χ1v) is 3.47. The van der Waals surface area contributed by atoms with E-state index < -0.39 is 0 Å². The molecule has 1 N–H and O–H groups in total. The van der Waals surface area contributed by atoms with Gasteiger partial charge in [-0.3, -0.25) is 0 Å². The minimum Gasteiger partial charge on any atom is -0.361 e. The summed E-state index contributed by atoms with van der Waals surface area (Å²) in [6.45, 7) is 11.4. The molecule has 11 heavy (non-hydrogen) atoms. The molecule has 0 amide bonds. The van der Waals surface area contributed by atoms with Crippen molar-refractivity contribution in [1.82, 2.24) is 5.32 Å². The molecule has 0 bridgehead atoms. The summed E-state index contributed by atoms with van der Waals surface area (Å²) in [6.07, 6.45) is 3.98. The van der Waals surface area contributed by atoms with Gasteiger partial charge in [-0.2, -0.15) is 0 Å². The first-order chi connectivity index (χ1) is 5.20. The number of rotatable bonds is 1. The standard InChI is InChI=1S/C10H9N/c1-6-7(2)10(6)4-9-5-11-8(9)3/h4-5,11H,1-3H2. The van der Waals surface area contributed by atoms with Gasteiger partial charge >= 0.3 is 0 Å². The molecule has 2 rings (SSSR count). The summed E-state index contributed by atoms with van der Waals surface area (Å²) < 4.78 is 0. The molecule has 1 nitrogen and oxygen atoms in total. The molecule has 0 aromatic carbocycles. The normalized spacial score (nSPS) is 20.5. The molecule has 0 unspecified atom stereocenters. The Hall–Kier alpha value is -1.50. The summed E-state index contributed by atoms with van der Waals surface area (Å²) in [5.41, 5.74) is 5.46. The second-order valence-corrected chi connectivity index (χ2v) is 2.74. The van der Waals surface area contributed by atoms with Crippen LogP contribution >= 0.6 is 0 Å². The van der Waals surface area contributed by atoms with Gasteiger partial charge in [0.25, 0.3) is 0 Å². The van der Waals surface area contributed by atoms with Crippen LogP contribution in [0.4, 0.5) is 0 Å². The Balaban J connectivity index is 2.24. The second-order valence-electron chi connectivity index (χ2n) is 2.74. The third-order valence-electron chi connectivity index (χ3n) is 2.00. The fourth-order valence-corrected chi connectivity index (χ4v) is 1.01. The maximum Gasteiger partial charge on any atom is 0.0395 e. The number of hydrogen-bond donors (Lipinski definition) is 1. The van der Waals surface area contributed by atoms with E-state index in [1.807, 2.05) is 6.20 Å². The van der Waals surface area contributed by atoms with E-state index in [0.29, 0.717) is 0 Å². The molecule has 2 aliphatic rings. The van der Waals surface area contributed by atoms with E-state index in [1.165, 1.54) is 5.57 Å². The maximum absolute atomic E-state index is 3.82. The Morgan fingerprint density at radius 1 is 1.18 bits per heavy atom. The van der Waals surface area contributed by atoms with Gasteiger partial charge < -0.3 is 5.32 Å². The third kappa shape index (κ3) is 0.777. The highest BCUT2D eigenvalue weighted by molar-refractivity contribution is 5.78. The molecule has 1 fully saturated rings. The Bertz CT molecular complexity index is 324. The van der Waals surface area contributed by atoms with Gasteiger partial charge in [-0.25, -0.2) is 0 Å². The maximum atomic E-state index is 3.82. The zero-order valence-electron chi connectivity index (χ0n) is 6.28. The lowest BCUT2D eigenvalue weighted by molar-refractivity contribution is 0.996. The van der Waals surface area contributed by atoms with Gasteiger partial charge in [0.1, 0.15) is 0 Å². The van der Waals surface area contributed by atoms with Crippen LogP contribution in [0.2, 0.25) is 0 Å².